The molecule has 2 nitrogen and oxygen atoms in total. The lowest BCUT2D eigenvalue weighted by Gasteiger charge is -2.24. The molecule has 2 heteroatoms. The van der Waals surface area contributed by atoms with Crippen molar-refractivity contribution in [2.45, 2.75) is 45.3 Å². The van der Waals surface area contributed by atoms with Crippen LogP contribution in [0.4, 0.5) is 0 Å². The fourth-order valence-electron chi connectivity index (χ4n) is 2.30. The predicted molar refractivity (Wildman–Crippen MR) is 88.6 cm³/mol. The van der Waals surface area contributed by atoms with E-state index in [9.17, 15) is 0 Å². The molecule has 0 amide bonds. The van der Waals surface area contributed by atoms with E-state index in [0.717, 1.165) is 11.3 Å². The zero-order chi connectivity index (χ0) is 15.5. The molecule has 2 aromatic rings. The van der Waals surface area contributed by atoms with Crippen molar-refractivity contribution in [1.29, 1.82) is 0 Å². The Morgan fingerprint density at radius 1 is 0.905 bits per heavy atom. The molecule has 112 valence electrons. The molecule has 0 bridgehead atoms. The number of hydrogen-bond donors (Lipinski definition) is 1. The lowest BCUT2D eigenvalue weighted by atomic mass is 9.87. The smallest absolute Gasteiger partial charge is 0.138 e. The molecule has 0 spiro atoms. The summed E-state index contributed by atoms with van der Waals surface area (Å²) in [6.45, 7) is 8.59. The lowest BCUT2D eigenvalue weighted by molar-refractivity contribution is 0.180. The van der Waals surface area contributed by atoms with Crippen LogP contribution >= 0.6 is 0 Å². The number of benzene rings is 2. The zero-order valence-corrected chi connectivity index (χ0v) is 13.3. The second kappa shape index (κ2) is 6.31. The van der Waals surface area contributed by atoms with Crippen molar-refractivity contribution >= 4 is 0 Å². The monoisotopic (exact) mass is 283 g/mol. The van der Waals surface area contributed by atoms with Crippen molar-refractivity contribution in [2.75, 3.05) is 0 Å². The van der Waals surface area contributed by atoms with E-state index in [2.05, 4.69) is 45.0 Å². The average molecular weight is 283 g/mol. The maximum absolute atomic E-state index is 6.10. The van der Waals surface area contributed by atoms with E-state index >= 15 is 0 Å². The highest BCUT2D eigenvalue weighted by Gasteiger charge is 2.18. The fourth-order valence-corrected chi connectivity index (χ4v) is 2.30. The highest BCUT2D eigenvalue weighted by atomic mass is 16.5. The van der Waals surface area contributed by atoms with Gasteiger partial charge in [-0.2, -0.15) is 0 Å². The molecular weight excluding hydrogens is 258 g/mol. The first-order chi connectivity index (χ1) is 9.88. The molecule has 0 heterocycles. The molecule has 0 aliphatic carbocycles. The van der Waals surface area contributed by atoms with Gasteiger partial charge < -0.3 is 10.5 Å². The van der Waals surface area contributed by atoms with Crippen LogP contribution in [0.2, 0.25) is 0 Å². The molecular formula is C19H25NO. The van der Waals surface area contributed by atoms with Gasteiger partial charge in [-0.05, 0) is 35.6 Å². The van der Waals surface area contributed by atoms with E-state index in [1.807, 2.05) is 37.3 Å². The summed E-state index contributed by atoms with van der Waals surface area (Å²) < 4.78 is 6.10. The highest BCUT2D eigenvalue weighted by molar-refractivity contribution is 5.32. The molecule has 2 aromatic carbocycles. The summed E-state index contributed by atoms with van der Waals surface area (Å²) in [5, 5.41) is 0. The standard InChI is InChI=1S/C19H25NO/c1-14(20)18(15-8-6-5-7-9-15)21-17-12-10-16(11-13-17)19(2,3)4/h5-14,18H,20H2,1-4H3. The van der Waals surface area contributed by atoms with Crippen molar-refractivity contribution in [3.8, 4) is 5.75 Å². The Morgan fingerprint density at radius 3 is 1.95 bits per heavy atom. The van der Waals surface area contributed by atoms with Crippen molar-refractivity contribution in [3.05, 3.63) is 65.7 Å². The van der Waals surface area contributed by atoms with Gasteiger partial charge in [-0.1, -0.05) is 63.2 Å². The Balaban J connectivity index is 2.18. The maximum atomic E-state index is 6.10. The van der Waals surface area contributed by atoms with Gasteiger partial charge in [0.1, 0.15) is 11.9 Å². The molecule has 0 saturated carbocycles. The van der Waals surface area contributed by atoms with Gasteiger partial charge in [0.15, 0.2) is 0 Å². The summed E-state index contributed by atoms with van der Waals surface area (Å²) in [6, 6.07) is 18.4. The fraction of sp³-hybridized carbons (Fsp3) is 0.368. The molecule has 0 radical (unpaired) electrons. The Kier molecular flexibility index (Phi) is 4.69. The van der Waals surface area contributed by atoms with Gasteiger partial charge in [0.25, 0.3) is 0 Å². The van der Waals surface area contributed by atoms with Crippen molar-refractivity contribution < 1.29 is 4.74 Å². The second-order valence-corrected chi connectivity index (χ2v) is 6.58. The zero-order valence-electron chi connectivity index (χ0n) is 13.3. The van der Waals surface area contributed by atoms with Gasteiger partial charge in [-0.15, -0.1) is 0 Å². The first-order valence-electron chi connectivity index (χ1n) is 7.45. The topological polar surface area (TPSA) is 35.2 Å². The van der Waals surface area contributed by atoms with Gasteiger partial charge >= 0.3 is 0 Å². The molecule has 0 aromatic heterocycles. The van der Waals surface area contributed by atoms with Crippen LogP contribution in [0.25, 0.3) is 0 Å². The van der Waals surface area contributed by atoms with Gasteiger partial charge in [-0.3, -0.25) is 0 Å². The van der Waals surface area contributed by atoms with Crippen LogP contribution in [0.3, 0.4) is 0 Å². The quantitative estimate of drug-likeness (QED) is 0.899. The minimum absolute atomic E-state index is 0.0744. The third-order valence-corrected chi connectivity index (χ3v) is 3.59. The van der Waals surface area contributed by atoms with E-state index in [1.54, 1.807) is 0 Å². The Morgan fingerprint density at radius 2 is 1.48 bits per heavy atom. The van der Waals surface area contributed by atoms with Gasteiger partial charge in [-0.25, -0.2) is 0 Å². The Labute approximate surface area is 127 Å². The van der Waals surface area contributed by atoms with Crippen LogP contribution in [0.1, 0.15) is 44.9 Å². The second-order valence-electron chi connectivity index (χ2n) is 6.58. The molecule has 0 aliphatic heterocycles. The van der Waals surface area contributed by atoms with E-state index < -0.39 is 0 Å². The summed E-state index contributed by atoms with van der Waals surface area (Å²) in [5.74, 6) is 0.856. The Bertz CT molecular complexity index is 552. The van der Waals surface area contributed by atoms with Crippen molar-refractivity contribution in [3.63, 3.8) is 0 Å². The maximum Gasteiger partial charge on any atom is 0.138 e. The first kappa shape index (κ1) is 15.6. The molecule has 0 saturated heterocycles. The third-order valence-electron chi connectivity index (χ3n) is 3.59. The number of rotatable bonds is 4. The van der Waals surface area contributed by atoms with Gasteiger partial charge in [0, 0.05) is 6.04 Å². The third kappa shape index (κ3) is 4.08. The van der Waals surface area contributed by atoms with E-state index in [-0.39, 0.29) is 17.6 Å². The van der Waals surface area contributed by atoms with E-state index in [1.165, 1.54) is 5.56 Å². The van der Waals surface area contributed by atoms with Crippen LogP contribution in [0, 0.1) is 0 Å². The van der Waals surface area contributed by atoms with Crippen LogP contribution in [0.15, 0.2) is 54.6 Å². The van der Waals surface area contributed by atoms with E-state index in [4.69, 9.17) is 10.5 Å². The summed E-state index contributed by atoms with van der Waals surface area (Å²) in [7, 11) is 0. The summed E-state index contributed by atoms with van der Waals surface area (Å²) >= 11 is 0. The minimum Gasteiger partial charge on any atom is -0.484 e. The Hall–Kier alpha value is -1.80. The lowest BCUT2D eigenvalue weighted by Crippen LogP contribution is -2.29. The predicted octanol–water partition coefficient (Wildman–Crippen LogP) is 4.45. The molecule has 2 N–H and O–H groups in total. The van der Waals surface area contributed by atoms with Crippen LogP contribution in [-0.4, -0.2) is 6.04 Å². The first-order valence-corrected chi connectivity index (χ1v) is 7.45. The average Bonchev–Trinajstić information content (AvgIpc) is 2.45. The normalized spacial score (nSPS) is 14.5. The van der Waals surface area contributed by atoms with Crippen molar-refractivity contribution in [1.82, 2.24) is 0 Å². The van der Waals surface area contributed by atoms with Gasteiger partial charge in [0.2, 0.25) is 0 Å². The molecule has 0 fully saturated rings. The van der Waals surface area contributed by atoms with Gasteiger partial charge in [0.05, 0.1) is 0 Å². The molecule has 2 atom stereocenters. The van der Waals surface area contributed by atoms with Crippen LogP contribution < -0.4 is 10.5 Å². The number of ether oxygens (including phenoxy) is 1. The summed E-state index contributed by atoms with van der Waals surface area (Å²) in [4.78, 5) is 0. The summed E-state index contributed by atoms with van der Waals surface area (Å²) in [6.07, 6.45) is -0.133. The number of nitrogens with two attached hydrogens (primary N) is 1. The van der Waals surface area contributed by atoms with Crippen LogP contribution in [0.5, 0.6) is 5.75 Å². The molecule has 2 rings (SSSR count). The largest absolute Gasteiger partial charge is 0.484 e. The molecule has 0 aliphatic rings. The number of hydrogen-bond acceptors (Lipinski definition) is 2. The highest BCUT2D eigenvalue weighted by Crippen LogP contribution is 2.27. The molecule has 21 heavy (non-hydrogen) atoms. The van der Waals surface area contributed by atoms with E-state index in [0.29, 0.717) is 0 Å². The SMILES string of the molecule is CC(N)C(Oc1ccc(C(C)(C)C)cc1)c1ccccc1. The van der Waals surface area contributed by atoms with Crippen molar-refractivity contribution in [2.24, 2.45) is 5.73 Å². The summed E-state index contributed by atoms with van der Waals surface area (Å²) in [5.41, 5.74) is 8.64. The van der Waals surface area contributed by atoms with Crippen LogP contribution in [-0.2, 0) is 5.41 Å². The minimum atomic E-state index is -0.133. The molecule has 2 unspecified atom stereocenters.